The van der Waals surface area contributed by atoms with Gasteiger partial charge in [-0.05, 0) is 68.7 Å². The Labute approximate surface area is 111 Å². The second-order valence-corrected chi connectivity index (χ2v) is 6.20. The van der Waals surface area contributed by atoms with E-state index in [0.717, 1.165) is 17.8 Å². The highest BCUT2D eigenvalue weighted by molar-refractivity contribution is 5.18. The molecule has 2 heteroatoms. The molecule has 1 aromatic heterocycles. The minimum absolute atomic E-state index is 0.412. The zero-order chi connectivity index (χ0) is 13.1. The van der Waals surface area contributed by atoms with Crippen molar-refractivity contribution < 1.29 is 0 Å². The summed E-state index contributed by atoms with van der Waals surface area (Å²) in [5.74, 6) is 2.42. The van der Waals surface area contributed by atoms with E-state index in [1.165, 1.54) is 30.5 Å². The van der Waals surface area contributed by atoms with E-state index < -0.39 is 0 Å². The van der Waals surface area contributed by atoms with Crippen molar-refractivity contribution in [1.82, 2.24) is 10.3 Å². The van der Waals surface area contributed by atoms with Crippen LogP contribution in [-0.4, -0.2) is 12.0 Å². The number of hydrogen-bond donors (Lipinski definition) is 1. The average Bonchev–Trinajstić information content (AvgIpc) is 2.28. The average molecular weight is 246 g/mol. The van der Waals surface area contributed by atoms with E-state index in [1.807, 2.05) is 6.20 Å². The molecule has 1 aromatic rings. The van der Waals surface area contributed by atoms with Crippen LogP contribution in [0.3, 0.4) is 0 Å². The van der Waals surface area contributed by atoms with E-state index in [4.69, 9.17) is 0 Å². The first-order valence-electron chi connectivity index (χ1n) is 7.20. The predicted molar refractivity (Wildman–Crippen MR) is 76.4 cm³/mol. The highest BCUT2D eigenvalue weighted by atomic mass is 14.9. The fraction of sp³-hybridized carbons (Fsp3) is 0.688. The molecular formula is C16H26N2. The molecular weight excluding hydrogens is 220 g/mol. The van der Waals surface area contributed by atoms with Crippen LogP contribution in [-0.2, 0) is 0 Å². The Bertz CT molecular complexity index is 378. The number of rotatable bonds is 3. The maximum absolute atomic E-state index is 4.57. The molecule has 0 aromatic carbocycles. The zero-order valence-electron chi connectivity index (χ0n) is 12.1. The molecule has 18 heavy (non-hydrogen) atoms. The van der Waals surface area contributed by atoms with Crippen LogP contribution in [0.4, 0.5) is 0 Å². The molecule has 0 spiro atoms. The number of nitrogens with zero attached hydrogens (tertiary/aromatic N) is 1. The second kappa shape index (κ2) is 5.83. The number of hydrogen-bond acceptors (Lipinski definition) is 2. The number of aryl methyl sites for hydroxylation is 1. The predicted octanol–water partition coefficient (Wildman–Crippen LogP) is 3.72. The summed E-state index contributed by atoms with van der Waals surface area (Å²) in [5, 5.41) is 3.49. The fourth-order valence-electron chi connectivity index (χ4n) is 3.64. The van der Waals surface area contributed by atoms with Crippen molar-refractivity contribution in [2.24, 2.45) is 17.8 Å². The van der Waals surface area contributed by atoms with Gasteiger partial charge in [-0.25, -0.2) is 0 Å². The van der Waals surface area contributed by atoms with Gasteiger partial charge in [0.1, 0.15) is 0 Å². The van der Waals surface area contributed by atoms with Gasteiger partial charge in [-0.3, -0.25) is 4.98 Å². The Balaban J connectivity index is 2.17. The van der Waals surface area contributed by atoms with Crippen LogP contribution in [0.1, 0.15) is 50.4 Å². The monoisotopic (exact) mass is 246 g/mol. The molecule has 1 N–H and O–H groups in total. The van der Waals surface area contributed by atoms with E-state index in [1.54, 1.807) is 0 Å². The second-order valence-electron chi connectivity index (χ2n) is 6.20. The van der Waals surface area contributed by atoms with Gasteiger partial charge in [0.2, 0.25) is 0 Å². The standard InChI is InChI=1S/C16H26N2/c1-11-5-6-18-15(10-11)16(17-4)14-8-12(2)7-13(3)9-14/h5-6,10,12-14,16-17H,7-9H2,1-4H3. The summed E-state index contributed by atoms with van der Waals surface area (Å²) in [6, 6.07) is 4.71. The summed E-state index contributed by atoms with van der Waals surface area (Å²) in [7, 11) is 2.07. The van der Waals surface area contributed by atoms with Crippen LogP contribution >= 0.6 is 0 Å². The Kier molecular flexibility index (Phi) is 4.39. The minimum Gasteiger partial charge on any atom is -0.311 e. The zero-order valence-corrected chi connectivity index (χ0v) is 12.1. The molecule has 0 bridgehead atoms. The normalized spacial score (nSPS) is 30.1. The lowest BCUT2D eigenvalue weighted by Gasteiger charge is -2.36. The molecule has 1 fully saturated rings. The lowest BCUT2D eigenvalue weighted by Crippen LogP contribution is -2.32. The topological polar surface area (TPSA) is 24.9 Å². The lowest BCUT2D eigenvalue weighted by atomic mass is 9.73. The van der Waals surface area contributed by atoms with Crippen molar-refractivity contribution in [2.45, 2.75) is 46.1 Å². The third-order valence-electron chi connectivity index (χ3n) is 4.25. The van der Waals surface area contributed by atoms with Crippen LogP contribution < -0.4 is 5.32 Å². The van der Waals surface area contributed by atoms with Crippen molar-refractivity contribution in [3.63, 3.8) is 0 Å². The van der Waals surface area contributed by atoms with Gasteiger partial charge in [-0.1, -0.05) is 13.8 Å². The largest absolute Gasteiger partial charge is 0.311 e. The number of aromatic nitrogens is 1. The highest BCUT2D eigenvalue weighted by Gasteiger charge is 2.30. The van der Waals surface area contributed by atoms with Gasteiger partial charge in [0, 0.05) is 6.20 Å². The number of pyridine rings is 1. The molecule has 0 amide bonds. The molecule has 1 aliphatic carbocycles. The van der Waals surface area contributed by atoms with Gasteiger partial charge in [-0.15, -0.1) is 0 Å². The molecule has 0 radical (unpaired) electrons. The maximum Gasteiger partial charge on any atom is 0.0578 e. The summed E-state index contributed by atoms with van der Waals surface area (Å²) in [4.78, 5) is 4.57. The van der Waals surface area contributed by atoms with Crippen molar-refractivity contribution in [3.8, 4) is 0 Å². The van der Waals surface area contributed by atoms with Crippen molar-refractivity contribution in [2.75, 3.05) is 7.05 Å². The summed E-state index contributed by atoms with van der Waals surface area (Å²) in [6.07, 6.45) is 5.97. The Morgan fingerprint density at radius 2 is 1.89 bits per heavy atom. The summed E-state index contributed by atoms with van der Waals surface area (Å²) in [6.45, 7) is 6.92. The van der Waals surface area contributed by atoms with E-state index >= 15 is 0 Å². The lowest BCUT2D eigenvalue weighted by molar-refractivity contribution is 0.179. The van der Waals surface area contributed by atoms with Gasteiger partial charge in [0.05, 0.1) is 11.7 Å². The molecule has 0 aliphatic heterocycles. The number of nitrogens with one attached hydrogen (secondary N) is 1. The molecule has 1 heterocycles. The van der Waals surface area contributed by atoms with Gasteiger partial charge < -0.3 is 5.32 Å². The van der Waals surface area contributed by atoms with E-state index in [2.05, 4.69) is 50.3 Å². The van der Waals surface area contributed by atoms with Crippen LogP contribution in [0.2, 0.25) is 0 Å². The third-order valence-corrected chi connectivity index (χ3v) is 4.25. The summed E-state index contributed by atoms with van der Waals surface area (Å²) >= 11 is 0. The van der Waals surface area contributed by atoms with Crippen LogP contribution in [0, 0.1) is 24.7 Å². The SMILES string of the molecule is CNC(c1cc(C)ccn1)C1CC(C)CC(C)C1. The Hall–Kier alpha value is -0.890. The first kappa shape index (κ1) is 13.5. The molecule has 3 atom stereocenters. The van der Waals surface area contributed by atoms with E-state index in [0.29, 0.717) is 6.04 Å². The van der Waals surface area contributed by atoms with Crippen LogP contribution in [0.25, 0.3) is 0 Å². The highest BCUT2D eigenvalue weighted by Crippen LogP contribution is 2.39. The van der Waals surface area contributed by atoms with Crippen molar-refractivity contribution in [1.29, 1.82) is 0 Å². The quantitative estimate of drug-likeness (QED) is 0.879. The first-order chi connectivity index (χ1) is 8.60. The van der Waals surface area contributed by atoms with Gasteiger partial charge in [0.25, 0.3) is 0 Å². The Morgan fingerprint density at radius 1 is 1.22 bits per heavy atom. The Morgan fingerprint density at radius 3 is 2.44 bits per heavy atom. The van der Waals surface area contributed by atoms with Gasteiger partial charge in [0.15, 0.2) is 0 Å². The van der Waals surface area contributed by atoms with Crippen molar-refractivity contribution in [3.05, 3.63) is 29.6 Å². The van der Waals surface area contributed by atoms with E-state index in [9.17, 15) is 0 Å². The van der Waals surface area contributed by atoms with Crippen LogP contribution in [0.5, 0.6) is 0 Å². The van der Waals surface area contributed by atoms with Crippen LogP contribution in [0.15, 0.2) is 18.3 Å². The molecule has 2 nitrogen and oxygen atoms in total. The van der Waals surface area contributed by atoms with Crippen molar-refractivity contribution >= 4 is 0 Å². The fourth-order valence-corrected chi connectivity index (χ4v) is 3.64. The third kappa shape index (κ3) is 3.11. The minimum atomic E-state index is 0.412. The molecule has 1 aliphatic rings. The molecule has 1 saturated carbocycles. The smallest absolute Gasteiger partial charge is 0.0578 e. The van der Waals surface area contributed by atoms with E-state index in [-0.39, 0.29) is 0 Å². The molecule has 2 rings (SSSR count). The maximum atomic E-state index is 4.57. The summed E-state index contributed by atoms with van der Waals surface area (Å²) < 4.78 is 0. The van der Waals surface area contributed by atoms with Gasteiger partial charge >= 0.3 is 0 Å². The molecule has 100 valence electrons. The van der Waals surface area contributed by atoms with Gasteiger partial charge in [-0.2, -0.15) is 0 Å². The molecule has 3 unspecified atom stereocenters. The first-order valence-corrected chi connectivity index (χ1v) is 7.20. The summed E-state index contributed by atoms with van der Waals surface area (Å²) in [5.41, 5.74) is 2.51. The molecule has 0 saturated heterocycles.